The van der Waals surface area contributed by atoms with Crippen molar-refractivity contribution >= 4 is 22.9 Å². The van der Waals surface area contributed by atoms with Gasteiger partial charge in [0.25, 0.3) is 5.91 Å². The molecule has 104 valence electrons. The van der Waals surface area contributed by atoms with E-state index in [9.17, 15) is 13.6 Å². The van der Waals surface area contributed by atoms with Crippen LogP contribution < -0.4 is 5.32 Å². The number of halogens is 2. The highest BCUT2D eigenvalue weighted by Gasteiger charge is 2.17. The topological polar surface area (TPSA) is 29.1 Å². The zero-order valence-corrected chi connectivity index (χ0v) is 11.5. The van der Waals surface area contributed by atoms with Crippen LogP contribution in [0.5, 0.6) is 0 Å². The fraction of sp³-hybridized carbons (Fsp3) is 0.267. The van der Waals surface area contributed by atoms with Gasteiger partial charge in [0, 0.05) is 16.6 Å². The number of rotatable bonds is 2. The van der Waals surface area contributed by atoms with Gasteiger partial charge in [-0.25, -0.2) is 8.78 Å². The van der Waals surface area contributed by atoms with Gasteiger partial charge in [-0.1, -0.05) is 0 Å². The van der Waals surface area contributed by atoms with Crippen molar-refractivity contribution in [3.8, 4) is 0 Å². The molecule has 0 radical (unpaired) electrons. The first-order valence-electron chi connectivity index (χ1n) is 6.51. The number of hydrogen-bond acceptors (Lipinski definition) is 2. The monoisotopic (exact) mass is 293 g/mol. The van der Waals surface area contributed by atoms with Gasteiger partial charge in [0.15, 0.2) is 11.6 Å². The first-order chi connectivity index (χ1) is 9.63. The van der Waals surface area contributed by atoms with Crippen LogP contribution in [0.3, 0.4) is 0 Å². The van der Waals surface area contributed by atoms with Crippen molar-refractivity contribution in [3.05, 3.63) is 51.2 Å². The summed E-state index contributed by atoms with van der Waals surface area (Å²) in [6.45, 7) is 0. The minimum atomic E-state index is -0.965. The Morgan fingerprint density at radius 3 is 2.65 bits per heavy atom. The number of aryl methyl sites for hydroxylation is 2. The van der Waals surface area contributed by atoms with E-state index in [1.165, 1.54) is 27.8 Å². The summed E-state index contributed by atoms with van der Waals surface area (Å²) in [5.74, 6) is -2.15. The van der Waals surface area contributed by atoms with Crippen LogP contribution in [0.2, 0.25) is 0 Å². The van der Waals surface area contributed by atoms with Crippen LogP contribution in [0.1, 0.15) is 33.0 Å². The SMILES string of the molecule is O=C(Nc1ccc(F)c(F)c1)c1cc2c(s1)CCCC2. The van der Waals surface area contributed by atoms with Crippen LogP contribution in [0.25, 0.3) is 0 Å². The second-order valence-electron chi connectivity index (χ2n) is 4.85. The summed E-state index contributed by atoms with van der Waals surface area (Å²) >= 11 is 1.49. The molecular weight excluding hydrogens is 280 g/mol. The second kappa shape index (κ2) is 5.32. The Morgan fingerprint density at radius 1 is 1.10 bits per heavy atom. The van der Waals surface area contributed by atoms with Crippen LogP contribution in [-0.4, -0.2) is 5.91 Å². The third-order valence-electron chi connectivity index (χ3n) is 3.40. The number of benzene rings is 1. The molecule has 0 atom stereocenters. The Morgan fingerprint density at radius 2 is 1.90 bits per heavy atom. The molecule has 20 heavy (non-hydrogen) atoms. The number of thiophene rings is 1. The van der Waals surface area contributed by atoms with Gasteiger partial charge >= 0.3 is 0 Å². The number of amides is 1. The molecule has 1 amide bonds. The van der Waals surface area contributed by atoms with Gasteiger partial charge in [-0.2, -0.15) is 0 Å². The lowest BCUT2D eigenvalue weighted by atomic mass is 9.99. The number of fused-ring (bicyclic) bond motifs is 1. The lowest BCUT2D eigenvalue weighted by Crippen LogP contribution is -2.10. The predicted molar refractivity (Wildman–Crippen MR) is 75.3 cm³/mol. The first kappa shape index (κ1) is 13.2. The molecule has 0 aliphatic heterocycles. The molecule has 0 fully saturated rings. The summed E-state index contributed by atoms with van der Waals surface area (Å²) in [4.78, 5) is 14.0. The van der Waals surface area contributed by atoms with E-state index in [1.807, 2.05) is 6.07 Å². The second-order valence-corrected chi connectivity index (χ2v) is 5.99. The van der Waals surface area contributed by atoms with E-state index in [-0.39, 0.29) is 11.6 Å². The fourth-order valence-corrected chi connectivity index (χ4v) is 3.52. The van der Waals surface area contributed by atoms with E-state index in [2.05, 4.69) is 5.32 Å². The molecule has 1 heterocycles. The summed E-state index contributed by atoms with van der Waals surface area (Å²) in [6.07, 6.45) is 4.37. The molecule has 0 spiro atoms. The van der Waals surface area contributed by atoms with Gasteiger partial charge in [-0.3, -0.25) is 4.79 Å². The van der Waals surface area contributed by atoms with Gasteiger partial charge in [0.1, 0.15) is 0 Å². The van der Waals surface area contributed by atoms with E-state index in [0.29, 0.717) is 4.88 Å². The molecule has 0 bridgehead atoms. The standard InChI is InChI=1S/C15H13F2NOS/c16-11-6-5-10(8-12(11)17)18-15(19)14-7-9-3-1-2-4-13(9)20-14/h5-8H,1-4H2,(H,18,19). The molecule has 1 aromatic carbocycles. The van der Waals surface area contributed by atoms with Gasteiger partial charge in [0.2, 0.25) is 0 Å². The highest BCUT2D eigenvalue weighted by Crippen LogP contribution is 2.30. The highest BCUT2D eigenvalue weighted by molar-refractivity contribution is 7.14. The molecule has 3 rings (SSSR count). The quantitative estimate of drug-likeness (QED) is 0.885. The van der Waals surface area contributed by atoms with Crippen LogP contribution in [0, 0.1) is 11.6 Å². The predicted octanol–water partition coefficient (Wildman–Crippen LogP) is 4.16. The van der Waals surface area contributed by atoms with Crippen LogP contribution >= 0.6 is 11.3 Å². The smallest absolute Gasteiger partial charge is 0.265 e. The lowest BCUT2D eigenvalue weighted by Gasteiger charge is -2.08. The van der Waals surface area contributed by atoms with Gasteiger partial charge in [-0.15, -0.1) is 11.3 Å². The van der Waals surface area contributed by atoms with Crippen molar-refractivity contribution in [2.24, 2.45) is 0 Å². The number of anilines is 1. The van der Waals surface area contributed by atoms with E-state index in [0.717, 1.165) is 37.8 Å². The van der Waals surface area contributed by atoms with E-state index in [1.54, 1.807) is 0 Å². The van der Waals surface area contributed by atoms with Gasteiger partial charge in [0.05, 0.1) is 4.88 Å². The molecule has 1 aliphatic carbocycles. The summed E-state index contributed by atoms with van der Waals surface area (Å²) < 4.78 is 25.9. The highest BCUT2D eigenvalue weighted by atomic mass is 32.1. The van der Waals surface area contributed by atoms with E-state index < -0.39 is 11.6 Å². The lowest BCUT2D eigenvalue weighted by molar-refractivity contribution is 0.103. The van der Waals surface area contributed by atoms with Gasteiger partial charge in [-0.05, 0) is 49.4 Å². The molecule has 0 unspecified atom stereocenters. The average molecular weight is 293 g/mol. The molecule has 5 heteroatoms. The maximum atomic E-state index is 13.1. The Bertz CT molecular complexity index is 642. The van der Waals surface area contributed by atoms with Crippen LogP contribution in [0.15, 0.2) is 24.3 Å². The van der Waals surface area contributed by atoms with E-state index >= 15 is 0 Å². The van der Waals surface area contributed by atoms with Crippen molar-refractivity contribution in [2.75, 3.05) is 5.32 Å². The third kappa shape index (κ3) is 2.58. The molecule has 1 N–H and O–H groups in total. The number of carbonyl (C=O) groups is 1. The van der Waals surface area contributed by atoms with Crippen molar-refractivity contribution in [3.63, 3.8) is 0 Å². The zero-order valence-electron chi connectivity index (χ0n) is 10.7. The first-order valence-corrected chi connectivity index (χ1v) is 7.33. The third-order valence-corrected chi connectivity index (χ3v) is 4.63. The Hall–Kier alpha value is -1.75. The Balaban J connectivity index is 1.78. The maximum Gasteiger partial charge on any atom is 0.265 e. The number of nitrogens with one attached hydrogen (secondary N) is 1. The van der Waals surface area contributed by atoms with Gasteiger partial charge < -0.3 is 5.32 Å². The molecule has 2 nitrogen and oxygen atoms in total. The fourth-order valence-electron chi connectivity index (χ4n) is 2.37. The number of hydrogen-bond donors (Lipinski definition) is 1. The summed E-state index contributed by atoms with van der Waals surface area (Å²) in [6, 6.07) is 5.25. The molecule has 1 aliphatic rings. The molecule has 0 saturated heterocycles. The Kier molecular flexibility index (Phi) is 3.53. The summed E-state index contributed by atoms with van der Waals surface area (Å²) in [7, 11) is 0. The van der Waals surface area contributed by atoms with Crippen LogP contribution in [0.4, 0.5) is 14.5 Å². The molecule has 1 aromatic heterocycles. The minimum absolute atomic E-state index is 0.264. The normalized spacial score (nSPS) is 13.9. The van der Waals surface area contributed by atoms with E-state index in [4.69, 9.17) is 0 Å². The maximum absolute atomic E-state index is 13.1. The summed E-state index contributed by atoms with van der Waals surface area (Å²) in [5.41, 5.74) is 1.51. The molecule has 2 aromatic rings. The average Bonchev–Trinajstić information content (AvgIpc) is 2.87. The van der Waals surface area contributed by atoms with Crippen molar-refractivity contribution < 1.29 is 13.6 Å². The van der Waals surface area contributed by atoms with Crippen LogP contribution in [-0.2, 0) is 12.8 Å². The van der Waals surface area contributed by atoms with Crippen molar-refractivity contribution in [2.45, 2.75) is 25.7 Å². The summed E-state index contributed by atoms with van der Waals surface area (Å²) in [5, 5.41) is 2.60. The van der Waals surface area contributed by atoms with Crippen molar-refractivity contribution in [1.29, 1.82) is 0 Å². The number of carbonyl (C=O) groups excluding carboxylic acids is 1. The Labute approximate surface area is 119 Å². The largest absolute Gasteiger partial charge is 0.321 e. The van der Waals surface area contributed by atoms with Crippen molar-refractivity contribution in [1.82, 2.24) is 0 Å². The molecular formula is C15H13F2NOS. The molecule has 0 saturated carbocycles. The zero-order chi connectivity index (χ0) is 14.1. The minimum Gasteiger partial charge on any atom is -0.321 e.